The summed E-state index contributed by atoms with van der Waals surface area (Å²) < 4.78 is 1.87. The second-order valence-electron chi connectivity index (χ2n) is 6.61. The molecule has 23 heavy (non-hydrogen) atoms. The predicted molar refractivity (Wildman–Crippen MR) is 88.3 cm³/mol. The van der Waals surface area contributed by atoms with Crippen LogP contribution in [0.1, 0.15) is 12.0 Å². The van der Waals surface area contributed by atoms with E-state index in [4.69, 9.17) is 0 Å². The predicted octanol–water partition coefficient (Wildman–Crippen LogP) is 1.48. The van der Waals surface area contributed by atoms with Crippen LogP contribution in [0.25, 0.3) is 5.69 Å². The first-order valence-electron chi connectivity index (χ1n) is 8.37. The van der Waals surface area contributed by atoms with Crippen molar-refractivity contribution in [3.8, 4) is 5.69 Å². The number of carbonyl (C=O) groups is 1. The van der Waals surface area contributed by atoms with E-state index in [9.17, 15) is 4.79 Å². The van der Waals surface area contributed by atoms with E-state index in [0.29, 0.717) is 18.3 Å². The Morgan fingerprint density at radius 3 is 2.65 bits per heavy atom. The van der Waals surface area contributed by atoms with Crippen LogP contribution in [0.4, 0.5) is 0 Å². The minimum atomic E-state index is 0.284. The SMILES string of the molecule is O=C(CCc1cnn(-c2ccccc2)c1)N1C[C@H]2CNC[C@H]2C1. The van der Waals surface area contributed by atoms with Crippen molar-refractivity contribution in [2.24, 2.45) is 11.8 Å². The molecule has 2 atom stereocenters. The molecule has 1 N–H and O–H groups in total. The number of carbonyl (C=O) groups excluding carboxylic acids is 1. The minimum Gasteiger partial charge on any atom is -0.342 e. The van der Waals surface area contributed by atoms with Crippen LogP contribution in [-0.4, -0.2) is 46.8 Å². The zero-order chi connectivity index (χ0) is 15.6. The number of nitrogens with one attached hydrogen (secondary N) is 1. The first kappa shape index (κ1) is 14.5. The summed E-state index contributed by atoms with van der Waals surface area (Å²) in [6.07, 6.45) is 5.22. The number of likely N-dealkylation sites (tertiary alicyclic amines) is 1. The van der Waals surface area contributed by atoms with Gasteiger partial charge in [-0.15, -0.1) is 0 Å². The van der Waals surface area contributed by atoms with E-state index in [1.165, 1.54) is 0 Å². The monoisotopic (exact) mass is 310 g/mol. The lowest BCUT2D eigenvalue weighted by molar-refractivity contribution is -0.130. The largest absolute Gasteiger partial charge is 0.342 e. The Bertz CT molecular complexity index is 669. The van der Waals surface area contributed by atoms with Gasteiger partial charge in [-0.1, -0.05) is 18.2 Å². The zero-order valence-corrected chi connectivity index (χ0v) is 13.2. The van der Waals surface area contributed by atoms with Gasteiger partial charge in [-0.05, 0) is 36.0 Å². The van der Waals surface area contributed by atoms with E-state index < -0.39 is 0 Å². The van der Waals surface area contributed by atoms with Crippen molar-refractivity contribution in [3.05, 3.63) is 48.3 Å². The molecule has 1 aromatic carbocycles. The van der Waals surface area contributed by atoms with E-state index in [0.717, 1.165) is 43.9 Å². The lowest BCUT2D eigenvalue weighted by atomic mass is 10.0. The third kappa shape index (κ3) is 3.01. The van der Waals surface area contributed by atoms with Crippen molar-refractivity contribution >= 4 is 5.91 Å². The van der Waals surface area contributed by atoms with Crippen LogP contribution in [-0.2, 0) is 11.2 Å². The fourth-order valence-electron chi connectivity index (χ4n) is 3.68. The molecule has 0 saturated carbocycles. The molecular weight excluding hydrogens is 288 g/mol. The van der Waals surface area contributed by atoms with Crippen LogP contribution >= 0.6 is 0 Å². The Balaban J connectivity index is 1.33. The standard InChI is InChI=1S/C18H22N4O/c23-18(21-12-15-9-19-10-16(15)13-21)7-6-14-8-20-22(11-14)17-4-2-1-3-5-17/h1-5,8,11,15-16,19H,6-7,9-10,12-13H2/t15-,16+. The Morgan fingerprint density at radius 1 is 1.17 bits per heavy atom. The highest BCUT2D eigenvalue weighted by atomic mass is 16.2. The summed E-state index contributed by atoms with van der Waals surface area (Å²) >= 11 is 0. The second-order valence-corrected chi connectivity index (χ2v) is 6.61. The molecule has 2 fully saturated rings. The molecule has 3 heterocycles. The summed E-state index contributed by atoms with van der Waals surface area (Å²) in [5, 5.41) is 7.80. The number of hydrogen-bond donors (Lipinski definition) is 1. The van der Waals surface area contributed by atoms with E-state index in [1.807, 2.05) is 47.4 Å². The molecule has 0 aliphatic carbocycles. The third-order valence-corrected chi connectivity index (χ3v) is 5.03. The van der Waals surface area contributed by atoms with Crippen LogP contribution in [0.5, 0.6) is 0 Å². The summed E-state index contributed by atoms with van der Waals surface area (Å²) in [5.41, 5.74) is 2.16. The molecule has 2 aliphatic heterocycles. The van der Waals surface area contributed by atoms with Crippen molar-refractivity contribution in [1.29, 1.82) is 0 Å². The van der Waals surface area contributed by atoms with E-state index in [2.05, 4.69) is 15.3 Å². The molecular formula is C18H22N4O. The molecule has 1 aromatic heterocycles. The average Bonchev–Trinajstić information content (AvgIpc) is 3.29. The molecule has 1 amide bonds. The van der Waals surface area contributed by atoms with Crippen LogP contribution < -0.4 is 5.32 Å². The van der Waals surface area contributed by atoms with Crippen molar-refractivity contribution in [2.45, 2.75) is 12.8 Å². The van der Waals surface area contributed by atoms with E-state index in [-0.39, 0.29) is 5.91 Å². The third-order valence-electron chi connectivity index (χ3n) is 5.03. The van der Waals surface area contributed by atoms with Crippen molar-refractivity contribution in [2.75, 3.05) is 26.2 Å². The molecule has 0 radical (unpaired) electrons. The summed E-state index contributed by atoms with van der Waals surface area (Å²) in [6, 6.07) is 10.0. The molecule has 2 aliphatic rings. The number of amides is 1. The van der Waals surface area contributed by atoms with E-state index in [1.54, 1.807) is 0 Å². The van der Waals surface area contributed by atoms with Gasteiger partial charge in [0.2, 0.25) is 5.91 Å². The first-order chi connectivity index (χ1) is 11.3. The number of hydrogen-bond acceptors (Lipinski definition) is 3. The highest BCUT2D eigenvalue weighted by Gasteiger charge is 2.37. The van der Waals surface area contributed by atoms with E-state index >= 15 is 0 Å². The maximum Gasteiger partial charge on any atom is 0.222 e. The molecule has 2 saturated heterocycles. The van der Waals surface area contributed by atoms with Gasteiger partial charge < -0.3 is 10.2 Å². The lowest BCUT2D eigenvalue weighted by Gasteiger charge is -2.17. The van der Waals surface area contributed by atoms with Crippen LogP contribution in [0.2, 0.25) is 0 Å². The second kappa shape index (κ2) is 6.16. The van der Waals surface area contributed by atoms with Gasteiger partial charge in [0.1, 0.15) is 0 Å². The zero-order valence-electron chi connectivity index (χ0n) is 13.2. The molecule has 2 aromatic rings. The summed E-state index contributed by atoms with van der Waals surface area (Å²) in [4.78, 5) is 14.5. The Hall–Kier alpha value is -2.14. The van der Waals surface area contributed by atoms with Crippen LogP contribution in [0.15, 0.2) is 42.7 Å². The van der Waals surface area contributed by atoms with Gasteiger partial charge in [0.15, 0.2) is 0 Å². The molecule has 0 unspecified atom stereocenters. The fourth-order valence-corrected chi connectivity index (χ4v) is 3.68. The van der Waals surface area contributed by atoms with Gasteiger partial charge in [-0.2, -0.15) is 5.10 Å². The molecule has 5 nitrogen and oxygen atoms in total. The molecule has 5 heteroatoms. The van der Waals surface area contributed by atoms with Gasteiger partial charge in [0.05, 0.1) is 11.9 Å². The maximum atomic E-state index is 12.4. The number of nitrogens with zero attached hydrogens (tertiary/aromatic N) is 3. The maximum absolute atomic E-state index is 12.4. The first-order valence-corrected chi connectivity index (χ1v) is 8.37. The highest BCUT2D eigenvalue weighted by molar-refractivity contribution is 5.76. The van der Waals surface area contributed by atoms with Crippen LogP contribution in [0, 0.1) is 11.8 Å². The van der Waals surface area contributed by atoms with Gasteiger partial charge in [-0.25, -0.2) is 4.68 Å². The smallest absolute Gasteiger partial charge is 0.222 e. The van der Waals surface area contributed by atoms with Gasteiger partial charge in [0.25, 0.3) is 0 Å². The Labute approximate surface area is 136 Å². The normalized spacial score (nSPS) is 23.2. The topological polar surface area (TPSA) is 50.2 Å². The summed E-state index contributed by atoms with van der Waals surface area (Å²) in [5.74, 6) is 1.62. The Morgan fingerprint density at radius 2 is 1.91 bits per heavy atom. The minimum absolute atomic E-state index is 0.284. The number of aromatic nitrogens is 2. The van der Waals surface area contributed by atoms with Gasteiger partial charge >= 0.3 is 0 Å². The summed E-state index contributed by atoms with van der Waals surface area (Å²) in [7, 11) is 0. The number of rotatable bonds is 4. The van der Waals surface area contributed by atoms with Crippen molar-refractivity contribution in [1.82, 2.24) is 20.0 Å². The molecule has 0 spiro atoms. The average molecular weight is 310 g/mol. The lowest BCUT2D eigenvalue weighted by Crippen LogP contribution is -2.31. The molecule has 0 bridgehead atoms. The fraction of sp³-hybridized carbons (Fsp3) is 0.444. The molecule has 4 rings (SSSR count). The number of fused-ring (bicyclic) bond motifs is 1. The quantitative estimate of drug-likeness (QED) is 0.931. The van der Waals surface area contributed by atoms with Crippen molar-refractivity contribution < 1.29 is 4.79 Å². The highest BCUT2D eigenvalue weighted by Crippen LogP contribution is 2.26. The van der Waals surface area contributed by atoms with Crippen molar-refractivity contribution in [3.63, 3.8) is 0 Å². The van der Waals surface area contributed by atoms with Gasteiger partial charge in [0, 0.05) is 38.8 Å². The van der Waals surface area contributed by atoms with Crippen LogP contribution in [0.3, 0.4) is 0 Å². The summed E-state index contributed by atoms with van der Waals surface area (Å²) in [6.45, 7) is 4.00. The van der Waals surface area contributed by atoms with Gasteiger partial charge in [-0.3, -0.25) is 4.79 Å². The number of para-hydroxylation sites is 1. The molecule has 120 valence electrons. The number of benzene rings is 1. The Kier molecular flexibility index (Phi) is 3.87. The number of aryl methyl sites for hydroxylation is 1.